The van der Waals surface area contributed by atoms with Crippen molar-refractivity contribution in [3.8, 4) is 0 Å². The summed E-state index contributed by atoms with van der Waals surface area (Å²) in [6.45, 7) is 14.4. The van der Waals surface area contributed by atoms with Gasteiger partial charge in [0.15, 0.2) is 0 Å². The van der Waals surface area contributed by atoms with Crippen LogP contribution < -0.4 is 5.73 Å². The average Bonchev–Trinajstić information content (AvgIpc) is 2.27. The highest BCUT2D eigenvalue weighted by atomic mass is 14.6. The van der Waals surface area contributed by atoms with Crippen LogP contribution in [0.5, 0.6) is 0 Å². The number of hydrogen-bond donors (Lipinski definition) is 1. The van der Waals surface area contributed by atoms with E-state index < -0.39 is 0 Å². The Morgan fingerprint density at radius 2 is 1.88 bits per heavy atom. The second kappa shape index (κ2) is 6.04. The van der Waals surface area contributed by atoms with Gasteiger partial charge in [-0.2, -0.15) is 0 Å². The molecular formula is C16H31N. The summed E-state index contributed by atoms with van der Waals surface area (Å²) in [5.74, 6) is 2.38. The fraction of sp³-hybridized carbons (Fsp3) is 0.875. The topological polar surface area (TPSA) is 26.0 Å². The van der Waals surface area contributed by atoms with Gasteiger partial charge in [0.1, 0.15) is 0 Å². The van der Waals surface area contributed by atoms with E-state index in [2.05, 4.69) is 34.3 Å². The van der Waals surface area contributed by atoms with Gasteiger partial charge >= 0.3 is 0 Å². The van der Waals surface area contributed by atoms with Gasteiger partial charge in [-0.25, -0.2) is 0 Å². The predicted molar refractivity (Wildman–Crippen MR) is 76.9 cm³/mol. The third-order valence-electron chi connectivity index (χ3n) is 4.72. The van der Waals surface area contributed by atoms with E-state index in [-0.39, 0.29) is 0 Å². The van der Waals surface area contributed by atoms with E-state index in [1.54, 1.807) is 0 Å². The first kappa shape index (κ1) is 14.8. The molecular weight excluding hydrogens is 206 g/mol. The molecule has 1 nitrogen and oxygen atoms in total. The molecule has 0 aromatic carbocycles. The van der Waals surface area contributed by atoms with Gasteiger partial charge < -0.3 is 5.73 Å². The van der Waals surface area contributed by atoms with Crippen LogP contribution in [-0.4, -0.2) is 6.54 Å². The van der Waals surface area contributed by atoms with E-state index in [1.807, 2.05) is 0 Å². The summed E-state index contributed by atoms with van der Waals surface area (Å²) >= 11 is 0. The maximum atomic E-state index is 5.94. The predicted octanol–water partition coefficient (Wildman–Crippen LogP) is 4.38. The fourth-order valence-corrected chi connectivity index (χ4v) is 3.19. The van der Waals surface area contributed by atoms with Crippen molar-refractivity contribution in [1.82, 2.24) is 0 Å². The molecule has 0 aliphatic heterocycles. The zero-order valence-corrected chi connectivity index (χ0v) is 12.3. The molecule has 0 spiro atoms. The maximum Gasteiger partial charge on any atom is -0.00461 e. The third-order valence-corrected chi connectivity index (χ3v) is 4.72. The zero-order valence-electron chi connectivity index (χ0n) is 12.3. The Kier molecular flexibility index (Phi) is 5.24. The van der Waals surface area contributed by atoms with Gasteiger partial charge in [-0.15, -0.1) is 0 Å². The van der Waals surface area contributed by atoms with E-state index in [0.717, 1.165) is 30.7 Å². The van der Waals surface area contributed by atoms with Crippen molar-refractivity contribution < 1.29 is 0 Å². The number of rotatable bonds is 4. The molecule has 1 heteroatoms. The van der Waals surface area contributed by atoms with Crippen LogP contribution >= 0.6 is 0 Å². The summed E-state index contributed by atoms with van der Waals surface area (Å²) < 4.78 is 0. The van der Waals surface area contributed by atoms with Crippen molar-refractivity contribution in [1.29, 1.82) is 0 Å². The van der Waals surface area contributed by atoms with Crippen LogP contribution in [0.2, 0.25) is 0 Å². The molecule has 2 N–H and O–H groups in total. The van der Waals surface area contributed by atoms with Crippen LogP contribution in [-0.2, 0) is 0 Å². The Morgan fingerprint density at radius 1 is 1.24 bits per heavy atom. The van der Waals surface area contributed by atoms with E-state index >= 15 is 0 Å². The average molecular weight is 237 g/mol. The lowest BCUT2D eigenvalue weighted by Crippen LogP contribution is -2.35. The molecule has 17 heavy (non-hydrogen) atoms. The second-order valence-electron chi connectivity index (χ2n) is 6.94. The zero-order chi connectivity index (χ0) is 13.1. The van der Waals surface area contributed by atoms with Crippen LogP contribution in [0.15, 0.2) is 12.2 Å². The molecule has 100 valence electrons. The molecule has 1 aliphatic carbocycles. The monoisotopic (exact) mass is 237 g/mol. The molecule has 3 unspecified atom stereocenters. The SMILES string of the molecule is C=C(CC)CC1CC(C(C)(C)C)CCC1CN. The normalized spacial score (nSPS) is 30.3. The molecule has 0 aromatic rings. The Labute approximate surface area is 108 Å². The summed E-state index contributed by atoms with van der Waals surface area (Å²) in [7, 11) is 0. The van der Waals surface area contributed by atoms with Crippen molar-refractivity contribution in [3.63, 3.8) is 0 Å². The lowest BCUT2D eigenvalue weighted by Gasteiger charge is -2.42. The molecule has 0 amide bonds. The summed E-state index contributed by atoms with van der Waals surface area (Å²) in [5, 5.41) is 0. The van der Waals surface area contributed by atoms with E-state index in [0.29, 0.717) is 5.41 Å². The molecule has 0 saturated heterocycles. The highest BCUT2D eigenvalue weighted by Crippen LogP contribution is 2.44. The standard InChI is InChI=1S/C16H31N/c1-6-12(2)9-14-10-15(16(3,4)5)8-7-13(14)11-17/h13-15H,2,6-11,17H2,1,3-5H3. The smallest absolute Gasteiger partial charge is 0.00461 e. The van der Waals surface area contributed by atoms with Crippen LogP contribution in [0.4, 0.5) is 0 Å². The molecule has 1 fully saturated rings. The van der Waals surface area contributed by atoms with Crippen LogP contribution in [0, 0.1) is 23.2 Å². The number of nitrogens with two attached hydrogens (primary N) is 1. The van der Waals surface area contributed by atoms with Gasteiger partial charge in [0.05, 0.1) is 0 Å². The van der Waals surface area contributed by atoms with Crippen molar-refractivity contribution in [3.05, 3.63) is 12.2 Å². The first-order chi connectivity index (χ1) is 7.88. The van der Waals surface area contributed by atoms with Gasteiger partial charge in [0, 0.05) is 0 Å². The summed E-state index contributed by atoms with van der Waals surface area (Å²) in [6.07, 6.45) is 6.35. The minimum atomic E-state index is 0.450. The minimum absolute atomic E-state index is 0.450. The number of allylic oxidation sites excluding steroid dienone is 1. The van der Waals surface area contributed by atoms with Crippen molar-refractivity contribution >= 4 is 0 Å². The van der Waals surface area contributed by atoms with E-state index in [9.17, 15) is 0 Å². The summed E-state index contributed by atoms with van der Waals surface area (Å²) in [4.78, 5) is 0. The van der Waals surface area contributed by atoms with Crippen LogP contribution in [0.1, 0.15) is 59.8 Å². The highest BCUT2D eigenvalue weighted by molar-refractivity contribution is 4.98. The van der Waals surface area contributed by atoms with Gasteiger partial charge in [0.25, 0.3) is 0 Å². The molecule has 1 saturated carbocycles. The van der Waals surface area contributed by atoms with E-state index in [4.69, 9.17) is 5.73 Å². The third kappa shape index (κ3) is 4.13. The van der Waals surface area contributed by atoms with Crippen molar-refractivity contribution in [2.45, 2.75) is 59.8 Å². The van der Waals surface area contributed by atoms with Gasteiger partial charge in [-0.05, 0) is 61.8 Å². The molecule has 0 bridgehead atoms. The Balaban J connectivity index is 2.65. The molecule has 3 atom stereocenters. The first-order valence-electron chi connectivity index (χ1n) is 7.25. The highest BCUT2D eigenvalue weighted by Gasteiger charge is 2.35. The van der Waals surface area contributed by atoms with Gasteiger partial charge in [-0.3, -0.25) is 0 Å². The largest absolute Gasteiger partial charge is 0.330 e. The molecule has 0 aromatic heterocycles. The van der Waals surface area contributed by atoms with E-state index in [1.165, 1.54) is 31.3 Å². The van der Waals surface area contributed by atoms with Crippen LogP contribution in [0.3, 0.4) is 0 Å². The van der Waals surface area contributed by atoms with Gasteiger partial charge in [-0.1, -0.05) is 39.8 Å². The lowest BCUT2D eigenvalue weighted by atomic mass is 9.64. The Bertz CT molecular complexity index is 249. The Hall–Kier alpha value is -0.300. The maximum absolute atomic E-state index is 5.94. The van der Waals surface area contributed by atoms with Crippen LogP contribution in [0.25, 0.3) is 0 Å². The fourth-order valence-electron chi connectivity index (χ4n) is 3.19. The molecule has 1 rings (SSSR count). The molecule has 1 aliphatic rings. The van der Waals surface area contributed by atoms with Crippen molar-refractivity contribution in [2.75, 3.05) is 6.54 Å². The lowest BCUT2D eigenvalue weighted by molar-refractivity contribution is 0.101. The quantitative estimate of drug-likeness (QED) is 0.721. The first-order valence-corrected chi connectivity index (χ1v) is 7.25. The number of hydrogen-bond acceptors (Lipinski definition) is 1. The summed E-state index contributed by atoms with van der Waals surface area (Å²) in [5.41, 5.74) is 7.79. The minimum Gasteiger partial charge on any atom is -0.330 e. The molecule has 0 heterocycles. The van der Waals surface area contributed by atoms with Gasteiger partial charge in [0.2, 0.25) is 0 Å². The second-order valence-corrected chi connectivity index (χ2v) is 6.94. The summed E-state index contributed by atoms with van der Waals surface area (Å²) in [6, 6.07) is 0. The molecule has 0 radical (unpaired) electrons. The Morgan fingerprint density at radius 3 is 2.35 bits per heavy atom. The van der Waals surface area contributed by atoms with Crippen molar-refractivity contribution in [2.24, 2.45) is 28.9 Å².